The topological polar surface area (TPSA) is 34.1 Å². The Bertz CT molecular complexity index is 594. The Kier molecular flexibility index (Phi) is 4.03. The molecule has 0 saturated carbocycles. The molecule has 0 spiro atoms. The largest absolute Gasteiger partial charge is 0.497 e. The highest BCUT2D eigenvalue weighted by Gasteiger charge is 2.19. The van der Waals surface area contributed by atoms with Crippen LogP contribution in [-0.2, 0) is 19.4 Å². The lowest BCUT2D eigenvalue weighted by Gasteiger charge is -2.26. The lowest BCUT2D eigenvalue weighted by atomic mass is 9.88. The molecule has 2 aromatic rings. The molecule has 1 atom stereocenters. The second-order valence-corrected chi connectivity index (χ2v) is 6.26. The van der Waals surface area contributed by atoms with Crippen LogP contribution in [-0.4, -0.2) is 18.1 Å². The Morgan fingerprint density at radius 3 is 3.05 bits per heavy atom. The third kappa shape index (κ3) is 2.86. The van der Waals surface area contributed by atoms with E-state index >= 15 is 0 Å². The van der Waals surface area contributed by atoms with E-state index in [1.807, 2.05) is 5.51 Å². The minimum Gasteiger partial charge on any atom is -0.497 e. The Labute approximate surface area is 124 Å². The van der Waals surface area contributed by atoms with Crippen LogP contribution in [0.2, 0.25) is 0 Å². The zero-order valence-electron chi connectivity index (χ0n) is 12.0. The summed E-state index contributed by atoms with van der Waals surface area (Å²) in [5, 5.41) is 3.67. The Balaban J connectivity index is 1.64. The standard InChI is InChI=1S/C16H20N2OS/c1-11-16(20-10-18-11)9-17-14-5-3-12-4-6-15(19-2)8-13(12)7-14/h4,6,8,10,14,17H,3,5,7,9H2,1-2H3. The molecule has 3 rings (SSSR count). The first-order valence-electron chi connectivity index (χ1n) is 7.04. The van der Waals surface area contributed by atoms with Gasteiger partial charge in [0.25, 0.3) is 0 Å². The Hall–Kier alpha value is -1.39. The zero-order valence-corrected chi connectivity index (χ0v) is 12.8. The van der Waals surface area contributed by atoms with Crippen molar-refractivity contribution >= 4 is 11.3 Å². The molecule has 0 radical (unpaired) electrons. The summed E-state index contributed by atoms with van der Waals surface area (Å²) in [5.41, 5.74) is 5.97. The highest BCUT2D eigenvalue weighted by atomic mass is 32.1. The minimum atomic E-state index is 0.552. The lowest BCUT2D eigenvalue weighted by Crippen LogP contribution is -2.34. The van der Waals surface area contributed by atoms with Crippen LogP contribution in [0.5, 0.6) is 5.75 Å². The molecule has 0 saturated heterocycles. The smallest absolute Gasteiger partial charge is 0.119 e. The Morgan fingerprint density at radius 1 is 1.40 bits per heavy atom. The van der Waals surface area contributed by atoms with E-state index in [4.69, 9.17) is 4.74 Å². The number of hydrogen-bond acceptors (Lipinski definition) is 4. The van der Waals surface area contributed by atoms with E-state index in [0.29, 0.717) is 6.04 Å². The van der Waals surface area contributed by atoms with Gasteiger partial charge in [-0.15, -0.1) is 11.3 Å². The minimum absolute atomic E-state index is 0.552. The lowest BCUT2D eigenvalue weighted by molar-refractivity contribution is 0.411. The Morgan fingerprint density at radius 2 is 2.30 bits per heavy atom. The molecule has 1 aliphatic rings. The average molecular weight is 288 g/mol. The third-order valence-electron chi connectivity index (χ3n) is 4.04. The summed E-state index contributed by atoms with van der Waals surface area (Å²) in [4.78, 5) is 5.65. The van der Waals surface area contributed by atoms with Crippen LogP contribution in [0.25, 0.3) is 0 Å². The molecule has 0 bridgehead atoms. The van der Waals surface area contributed by atoms with Crippen LogP contribution in [0.15, 0.2) is 23.7 Å². The predicted octanol–water partition coefficient (Wildman–Crippen LogP) is 3.11. The molecule has 1 aromatic heterocycles. The number of nitrogens with zero attached hydrogens (tertiary/aromatic N) is 1. The van der Waals surface area contributed by atoms with E-state index < -0.39 is 0 Å². The first-order valence-corrected chi connectivity index (χ1v) is 7.92. The van der Waals surface area contributed by atoms with Gasteiger partial charge in [-0.3, -0.25) is 0 Å². The number of hydrogen-bond donors (Lipinski definition) is 1. The maximum Gasteiger partial charge on any atom is 0.119 e. The van der Waals surface area contributed by atoms with Crippen LogP contribution in [0.4, 0.5) is 0 Å². The van der Waals surface area contributed by atoms with Crippen molar-refractivity contribution in [2.45, 2.75) is 38.8 Å². The summed E-state index contributed by atoms with van der Waals surface area (Å²) in [6, 6.07) is 7.00. The van der Waals surface area contributed by atoms with Crippen molar-refractivity contribution in [3.8, 4) is 5.75 Å². The number of nitrogens with one attached hydrogen (secondary N) is 1. The van der Waals surface area contributed by atoms with Gasteiger partial charge in [-0.1, -0.05) is 6.07 Å². The molecule has 1 heterocycles. The highest BCUT2D eigenvalue weighted by Crippen LogP contribution is 2.26. The van der Waals surface area contributed by atoms with Gasteiger partial charge in [0.1, 0.15) is 5.75 Å². The normalized spacial score (nSPS) is 17.8. The molecule has 0 amide bonds. The molecule has 1 N–H and O–H groups in total. The summed E-state index contributed by atoms with van der Waals surface area (Å²) in [7, 11) is 1.73. The molecular formula is C16H20N2OS. The van der Waals surface area contributed by atoms with Gasteiger partial charge in [-0.25, -0.2) is 4.98 Å². The van der Waals surface area contributed by atoms with Gasteiger partial charge in [0.2, 0.25) is 0 Å². The van der Waals surface area contributed by atoms with Crippen LogP contribution in [0.1, 0.15) is 28.1 Å². The van der Waals surface area contributed by atoms with E-state index in [0.717, 1.165) is 30.8 Å². The second-order valence-electron chi connectivity index (χ2n) is 5.32. The summed E-state index contributed by atoms with van der Waals surface area (Å²) >= 11 is 1.74. The van der Waals surface area contributed by atoms with Gasteiger partial charge >= 0.3 is 0 Å². The van der Waals surface area contributed by atoms with Crippen molar-refractivity contribution in [1.29, 1.82) is 0 Å². The quantitative estimate of drug-likeness (QED) is 0.938. The van der Waals surface area contributed by atoms with Gasteiger partial charge < -0.3 is 10.1 Å². The van der Waals surface area contributed by atoms with E-state index in [1.165, 1.54) is 22.4 Å². The molecule has 1 aromatic carbocycles. The number of methoxy groups -OCH3 is 1. The van der Waals surface area contributed by atoms with Gasteiger partial charge in [-0.05, 0) is 49.4 Å². The summed E-state index contributed by atoms with van der Waals surface area (Å²) in [5.74, 6) is 0.961. The predicted molar refractivity (Wildman–Crippen MR) is 82.5 cm³/mol. The van der Waals surface area contributed by atoms with Gasteiger partial charge in [0.05, 0.1) is 18.3 Å². The number of aryl methyl sites for hydroxylation is 2. The van der Waals surface area contributed by atoms with Crippen molar-refractivity contribution < 1.29 is 4.74 Å². The number of ether oxygens (including phenoxy) is 1. The maximum atomic E-state index is 5.32. The summed E-state index contributed by atoms with van der Waals surface area (Å²) < 4.78 is 5.32. The molecule has 3 nitrogen and oxygen atoms in total. The molecule has 106 valence electrons. The average Bonchev–Trinajstić information content (AvgIpc) is 2.89. The number of benzene rings is 1. The molecule has 0 fully saturated rings. The maximum absolute atomic E-state index is 5.32. The molecular weight excluding hydrogens is 268 g/mol. The molecule has 0 aliphatic heterocycles. The fourth-order valence-electron chi connectivity index (χ4n) is 2.77. The van der Waals surface area contributed by atoms with E-state index in [-0.39, 0.29) is 0 Å². The van der Waals surface area contributed by atoms with Crippen molar-refractivity contribution in [2.75, 3.05) is 7.11 Å². The van der Waals surface area contributed by atoms with E-state index in [9.17, 15) is 0 Å². The number of aromatic nitrogens is 1. The monoisotopic (exact) mass is 288 g/mol. The van der Waals surface area contributed by atoms with Gasteiger partial charge in [0, 0.05) is 17.5 Å². The fourth-order valence-corrected chi connectivity index (χ4v) is 3.50. The van der Waals surface area contributed by atoms with Gasteiger partial charge in [-0.2, -0.15) is 0 Å². The first kappa shape index (κ1) is 13.6. The van der Waals surface area contributed by atoms with E-state index in [1.54, 1.807) is 18.4 Å². The van der Waals surface area contributed by atoms with Crippen molar-refractivity contribution in [3.63, 3.8) is 0 Å². The van der Waals surface area contributed by atoms with Crippen molar-refractivity contribution in [2.24, 2.45) is 0 Å². The zero-order chi connectivity index (χ0) is 13.9. The third-order valence-corrected chi connectivity index (χ3v) is 4.97. The number of fused-ring (bicyclic) bond motifs is 1. The van der Waals surface area contributed by atoms with Crippen LogP contribution in [0.3, 0.4) is 0 Å². The number of rotatable bonds is 4. The molecule has 1 aliphatic carbocycles. The van der Waals surface area contributed by atoms with Crippen LogP contribution < -0.4 is 10.1 Å². The van der Waals surface area contributed by atoms with E-state index in [2.05, 4.69) is 35.4 Å². The number of thiazole rings is 1. The van der Waals surface area contributed by atoms with Crippen LogP contribution in [0, 0.1) is 6.92 Å². The second kappa shape index (κ2) is 5.94. The molecule has 20 heavy (non-hydrogen) atoms. The highest BCUT2D eigenvalue weighted by molar-refractivity contribution is 7.09. The van der Waals surface area contributed by atoms with Gasteiger partial charge in [0.15, 0.2) is 0 Å². The molecule has 1 unspecified atom stereocenters. The summed E-state index contributed by atoms with van der Waals surface area (Å²) in [6.45, 7) is 3.01. The first-order chi connectivity index (χ1) is 9.76. The van der Waals surface area contributed by atoms with Crippen LogP contribution >= 0.6 is 11.3 Å². The van der Waals surface area contributed by atoms with Crippen molar-refractivity contribution in [3.05, 3.63) is 45.4 Å². The summed E-state index contributed by atoms with van der Waals surface area (Å²) in [6.07, 6.45) is 3.44. The SMILES string of the molecule is COc1ccc2c(c1)CC(NCc1scnc1C)CC2. The fraction of sp³-hybridized carbons (Fsp3) is 0.438. The molecule has 4 heteroatoms. The van der Waals surface area contributed by atoms with Crippen molar-refractivity contribution in [1.82, 2.24) is 10.3 Å².